The number of amides is 1. The number of alkyl halides is 3. The summed E-state index contributed by atoms with van der Waals surface area (Å²) in [4.78, 5) is 37.5. The first-order valence-electron chi connectivity index (χ1n) is 8.49. The van der Waals surface area contributed by atoms with Crippen LogP contribution in [0, 0.1) is 0 Å². The van der Waals surface area contributed by atoms with Crippen LogP contribution in [-0.4, -0.2) is 40.8 Å². The first kappa shape index (κ1) is 19.7. The maximum Gasteiger partial charge on any atom is 0.410 e. The Morgan fingerprint density at radius 2 is 1.82 bits per heavy atom. The normalized spacial score (nSPS) is 23.4. The fourth-order valence-corrected chi connectivity index (χ4v) is 3.42. The van der Waals surface area contributed by atoms with Crippen molar-refractivity contribution >= 4 is 17.5 Å². The summed E-state index contributed by atoms with van der Waals surface area (Å²) in [6.45, 7) is 0. The Bertz CT molecular complexity index is 906. The third-order valence-electron chi connectivity index (χ3n) is 4.82. The van der Waals surface area contributed by atoms with Gasteiger partial charge in [-0.1, -0.05) is 30.3 Å². The van der Waals surface area contributed by atoms with E-state index in [0.29, 0.717) is 17.5 Å². The van der Waals surface area contributed by atoms with Crippen molar-refractivity contribution in [1.82, 2.24) is 10.4 Å². The highest BCUT2D eigenvalue weighted by Gasteiger charge is 2.63. The molecule has 1 heterocycles. The maximum atomic E-state index is 14.2. The van der Waals surface area contributed by atoms with Gasteiger partial charge in [0.2, 0.25) is 5.78 Å². The number of rotatable bonds is 3. The molecule has 2 N–H and O–H groups in total. The molecule has 1 atom stereocenters. The van der Waals surface area contributed by atoms with Crippen molar-refractivity contribution < 1.29 is 32.7 Å². The first-order valence-corrected chi connectivity index (χ1v) is 8.49. The minimum Gasteiger partial charge on any atom is -0.511 e. The summed E-state index contributed by atoms with van der Waals surface area (Å²) in [5.41, 5.74) is -2.31. The van der Waals surface area contributed by atoms with Crippen LogP contribution >= 0.6 is 0 Å². The number of aliphatic hydroxyl groups is 1. The van der Waals surface area contributed by atoms with Gasteiger partial charge in [0, 0.05) is 19.9 Å². The second kappa shape index (κ2) is 6.81. The minimum atomic E-state index is -5.06. The monoisotopic (exact) mass is 394 g/mol. The lowest BCUT2D eigenvalue weighted by molar-refractivity contribution is -0.193. The lowest BCUT2D eigenvalue weighted by atomic mass is 9.76. The van der Waals surface area contributed by atoms with Gasteiger partial charge in [-0.15, -0.1) is 0 Å². The molecule has 6 nitrogen and oxygen atoms in total. The molecule has 148 valence electrons. The summed E-state index contributed by atoms with van der Waals surface area (Å²) in [5.74, 6) is -3.50. The molecule has 1 aromatic rings. The summed E-state index contributed by atoms with van der Waals surface area (Å²) in [5, 5.41) is 10.5. The molecule has 0 spiro atoms. The van der Waals surface area contributed by atoms with Crippen LogP contribution in [0.15, 0.2) is 53.4 Å². The van der Waals surface area contributed by atoms with Crippen molar-refractivity contribution in [2.45, 2.75) is 30.9 Å². The molecule has 0 saturated heterocycles. The second-order valence-electron chi connectivity index (χ2n) is 6.63. The second-order valence-corrected chi connectivity index (χ2v) is 6.63. The van der Waals surface area contributed by atoms with E-state index in [9.17, 15) is 32.7 Å². The molecule has 1 aromatic carbocycles. The van der Waals surface area contributed by atoms with Crippen molar-refractivity contribution in [2.75, 3.05) is 7.05 Å². The number of likely N-dealkylation sites (N-methyl/N-ethyl adjacent to an activating group) is 1. The number of hydrogen-bond acceptors (Lipinski definition) is 5. The Morgan fingerprint density at radius 3 is 2.39 bits per heavy atom. The van der Waals surface area contributed by atoms with Crippen molar-refractivity contribution in [1.29, 1.82) is 0 Å². The SMILES string of the molecule is CN1NC(C(=O)C2=C(O)CCCC2=O)=CC(c2ccccc2)(C(F)(F)F)C1=O. The van der Waals surface area contributed by atoms with E-state index in [-0.39, 0.29) is 18.4 Å². The number of allylic oxidation sites excluding steroid dienone is 2. The molecule has 1 aliphatic carbocycles. The predicted molar refractivity (Wildman–Crippen MR) is 91.7 cm³/mol. The summed E-state index contributed by atoms with van der Waals surface area (Å²) in [6.07, 6.45) is -4.12. The van der Waals surface area contributed by atoms with Gasteiger partial charge in [0.15, 0.2) is 11.2 Å². The van der Waals surface area contributed by atoms with Crippen LogP contribution in [0.25, 0.3) is 0 Å². The molecule has 1 amide bonds. The van der Waals surface area contributed by atoms with E-state index in [2.05, 4.69) is 5.43 Å². The number of hydrogen-bond donors (Lipinski definition) is 2. The van der Waals surface area contributed by atoms with Crippen molar-refractivity contribution in [3.05, 3.63) is 59.0 Å². The standard InChI is InChI=1S/C19H17F3N2O4/c1-24-17(28)18(19(20,21)22,11-6-3-2-4-7-11)10-12(23-24)16(27)15-13(25)8-5-9-14(15)26/h2-4,6-7,10,23,25H,5,8-9H2,1H3. The zero-order valence-corrected chi connectivity index (χ0v) is 14.8. The molecular formula is C19H17F3N2O4. The number of nitrogens with one attached hydrogen (secondary N) is 1. The summed E-state index contributed by atoms with van der Waals surface area (Å²) in [6, 6.07) is 6.50. The molecule has 28 heavy (non-hydrogen) atoms. The highest BCUT2D eigenvalue weighted by molar-refractivity contribution is 6.27. The highest BCUT2D eigenvalue weighted by Crippen LogP contribution is 2.45. The third-order valence-corrected chi connectivity index (χ3v) is 4.82. The van der Waals surface area contributed by atoms with Crippen LogP contribution in [0.5, 0.6) is 0 Å². The fraction of sp³-hybridized carbons (Fsp3) is 0.316. The van der Waals surface area contributed by atoms with Crippen LogP contribution in [0.1, 0.15) is 24.8 Å². The predicted octanol–water partition coefficient (Wildman–Crippen LogP) is 2.48. The van der Waals surface area contributed by atoms with E-state index in [1.807, 2.05) is 0 Å². The zero-order chi connectivity index (χ0) is 20.7. The smallest absolute Gasteiger partial charge is 0.410 e. The van der Waals surface area contributed by atoms with Gasteiger partial charge in [0.05, 0.1) is 0 Å². The van der Waals surface area contributed by atoms with Gasteiger partial charge in [-0.2, -0.15) is 13.2 Å². The molecule has 9 heteroatoms. The van der Waals surface area contributed by atoms with Gasteiger partial charge in [-0.3, -0.25) is 24.8 Å². The number of nitrogens with zero attached hydrogens (tertiary/aromatic N) is 1. The molecule has 0 bridgehead atoms. The molecule has 0 radical (unpaired) electrons. The number of Topliss-reactive ketones (excluding diaryl/α,β-unsaturated/α-hetero) is 2. The molecule has 1 aliphatic heterocycles. The number of halogens is 3. The van der Waals surface area contributed by atoms with Crippen molar-refractivity contribution in [3.8, 4) is 0 Å². The number of aliphatic hydroxyl groups excluding tert-OH is 1. The Kier molecular flexibility index (Phi) is 4.78. The van der Waals surface area contributed by atoms with Crippen LogP contribution in [0.2, 0.25) is 0 Å². The van der Waals surface area contributed by atoms with Crippen LogP contribution in [-0.2, 0) is 19.8 Å². The largest absolute Gasteiger partial charge is 0.511 e. The lowest BCUT2D eigenvalue weighted by Crippen LogP contribution is -2.61. The van der Waals surface area contributed by atoms with Crippen molar-refractivity contribution in [2.24, 2.45) is 0 Å². The Balaban J connectivity index is 2.22. The minimum absolute atomic E-state index is 0.0102. The zero-order valence-electron chi connectivity index (χ0n) is 14.8. The van der Waals surface area contributed by atoms with Gasteiger partial charge in [0.25, 0.3) is 5.91 Å². The molecular weight excluding hydrogens is 377 g/mol. The van der Waals surface area contributed by atoms with Crippen LogP contribution in [0.3, 0.4) is 0 Å². The average Bonchev–Trinajstić information content (AvgIpc) is 2.63. The van der Waals surface area contributed by atoms with Gasteiger partial charge in [-0.05, 0) is 18.1 Å². The molecule has 0 fully saturated rings. The van der Waals surface area contributed by atoms with E-state index in [0.717, 1.165) is 19.2 Å². The van der Waals surface area contributed by atoms with Gasteiger partial charge < -0.3 is 5.11 Å². The molecule has 0 saturated carbocycles. The molecule has 3 rings (SSSR count). The van der Waals surface area contributed by atoms with Gasteiger partial charge in [-0.25, -0.2) is 0 Å². The quantitative estimate of drug-likeness (QED) is 0.770. The van der Waals surface area contributed by atoms with Gasteiger partial charge in [0.1, 0.15) is 17.0 Å². The fourth-order valence-electron chi connectivity index (χ4n) is 3.42. The van der Waals surface area contributed by atoms with E-state index in [4.69, 9.17) is 0 Å². The Morgan fingerprint density at radius 1 is 1.18 bits per heavy atom. The maximum absolute atomic E-state index is 14.2. The van der Waals surface area contributed by atoms with E-state index in [1.54, 1.807) is 0 Å². The van der Waals surface area contributed by atoms with E-state index < -0.39 is 46.1 Å². The summed E-state index contributed by atoms with van der Waals surface area (Å²) in [7, 11) is 1.06. The van der Waals surface area contributed by atoms with E-state index in [1.165, 1.54) is 18.2 Å². The Hall–Kier alpha value is -3.10. The van der Waals surface area contributed by atoms with E-state index >= 15 is 0 Å². The number of carbonyl (C=O) groups excluding carboxylic acids is 3. The average molecular weight is 394 g/mol. The first-order chi connectivity index (χ1) is 13.1. The summed E-state index contributed by atoms with van der Waals surface area (Å²) >= 11 is 0. The molecule has 2 aliphatic rings. The third kappa shape index (κ3) is 2.96. The summed E-state index contributed by atoms with van der Waals surface area (Å²) < 4.78 is 42.5. The van der Waals surface area contributed by atoms with Gasteiger partial charge >= 0.3 is 6.18 Å². The number of benzene rings is 1. The van der Waals surface area contributed by atoms with Crippen LogP contribution in [0.4, 0.5) is 13.2 Å². The number of hydrazine groups is 1. The number of carbonyl (C=O) groups is 3. The number of ketones is 2. The molecule has 1 unspecified atom stereocenters. The topological polar surface area (TPSA) is 86.7 Å². The highest BCUT2D eigenvalue weighted by atomic mass is 19.4. The Labute approximate surface area is 158 Å². The lowest BCUT2D eigenvalue weighted by Gasteiger charge is -2.40. The van der Waals surface area contributed by atoms with Crippen LogP contribution < -0.4 is 5.43 Å². The molecule has 0 aromatic heterocycles. The van der Waals surface area contributed by atoms with Crippen molar-refractivity contribution in [3.63, 3.8) is 0 Å².